The Bertz CT molecular complexity index is 2400. The molecular formula is C42H46O23. The van der Waals surface area contributed by atoms with Gasteiger partial charge in [0.05, 0.1) is 19.3 Å². The fourth-order valence-corrected chi connectivity index (χ4v) is 7.33. The largest absolute Gasteiger partial charge is 0.508 e. The minimum Gasteiger partial charge on any atom is -0.508 e. The van der Waals surface area contributed by atoms with Crippen molar-refractivity contribution in [2.45, 2.75) is 99.0 Å². The predicted octanol–water partition coefficient (Wildman–Crippen LogP) is -2.24. The van der Waals surface area contributed by atoms with E-state index in [1.807, 2.05) is 0 Å². The Morgan fingerprint density at radius 1 is 0.662 bits per heavy atom. The number of carbonyl (C=O) groups is 1. The fraction of sp³-hybridized carbons (Fsp3) is 0.429. The average Bonchev–Trinajstić information content (AvgIpc) is 3.27. The molecule has 23 heteroatoms. The molecule has 3 fully saturated rings. The van der Waals surface area contributed by atoms with Crippen LogP contribution in [0.15, 0.2) is 69.9 Å². The van der Waals surface area contributed by atoms with Crippen LogP contribution in [0.3, 0.4) is 0 Å². The van der Waals surface area contributed by atoms with Crippen LogP contribution in [0, 0.1) is 0 Å². The number of aromatic hydroxyl groups is 4. The molecule has 352 valence electrons. The summed E-state index contributed by atoms with van der Waals surface area (Å²) in [7, 11) is 0. The molecule has 4 heterocycles. The summed E-state index contributed by atoms with van der Waals surface area (Å²) >= 11 is 0. The zero-order valence-electron chi connectivity index (χ0n) is 33.8. The fourth-order valence-electron chi connectivity index (χ4n) is 7.33. The summed E-state index contributed by atoms with van der Waals surface area (Å²) in [4.78, 5) is 27.3. The van der Waals surface area contributed by atoms with Gasteiger partial charge in [0.15, 0.2) is 35.8 Å². The highest BCUT2D eigenvalue weighted by molar-refractivity contribution is 5.89. The zero-order chi connectivity index (χ0) is 47.0. The van der Waals surface area contributed by atoms with Gasteiger partial charge >= 0.3 is 5.97 Å². The molecule has 0 amide bonds. The number of aliphatic hydroxyl groups is 9. The van der Waals surface area contributed by atoms with Crippen LogP contribution in [-0.2, 0) is 28.5 Å². The quantitative estimate of drug-likeness (QED) is 0.0406. The van der Waals surface area contributed by atoms with Gasteiger partial charge in [-0.1, -0.05) is 12.1 Å². The van der Waals surface area contributed by atoms with Crippen LogP contribution in [0.25, 0.3) is 28.4 Å². The van der Waals surface area contributed by atoms with Crippen molar-refractivity contribution in [2.24, 2.45) is 0 Å². The zero-order valence-corrected chi connectivity index (χ0v) is 33.8. The third-order valence-electron chi connectivity index (χ3n) is 10.9. The maximum Gasteiger partial charge on any atom is 0.331 e. The van der Waals surface area contributed by atoms with E-state index in [1.54, 1.807) is 0 Å². The number of hydrogen-bond acceptors (Lipinski definition) is 23. The molecule has 0 spiro atoms. The highest BCUT2D eigenvalue weighted by Gasteiger charge is 2.53. The molecule has 3 aliphatic rings. The minimum atomic E-state index is -2.11. The Hall–Kier alpha value is -5.64. The first-order valence-corrected chi connectivity index (χ1v) is 19.9. The van der Waals surface area contributed by atoms with Gasteiger partial charge < -0.3 is 104 Å². The molecule has 3 aliphatic heterocycles. The number of rotatable bonds is 12. The number of phenolic OH excluding ortho intramolecular Hbond substituents is 4. The third-order valence-corrected chi connectivity index (χ3v) is 10.9. The summed E-state index contributed by atoms with van der Waals surface area (Å²) in [6, 6.07) is 10.8. The molecule has 15 unspecified atom stereocenters. The first kappa shape index (κ1) is 47.3. The van der Waals surface area contributed by atoms with E-state index in [0.29, 0.717) is 5.56 Å². The summed E-state index contributed by atoms with van der Waals surface area (Å²) < 4.78 is 45.7. The highest BCUT2D eigenvalue weighted by atomic mass is 16.8. The molecular weight excluding hydrogens is 872 g/mol. The number of benzene rings is 3. The average molecular weight is 919 g/mol. The number of phenols is 4. The maximum atomic E-state index is 14.4. The number of aliphatic hydroxyl groups excluding tert-OH is 9. The lowest BCUT2D eigenvalue weighted by Gasteiger charge is -2.46. The highest BCUT2D eigenvalue weighted by Crippen LogP contribution is 2.41. The van der Waals surface area contributed by atoms with E-state index in [2.05, 4.69) is 0 Å². The monoisotopic (exact) mass is 918 g/mol. The van der Waals surface area contributed by atoms with Crippen LogP contribution >= 0.6 is 0 Å². The van der Waals surface area contributed by atoms with Crippen LogP contribution in [0.2, 0.25) is 0 Å². The minimum absolute atomic E-state index is 0.0344. The molecule has 7 rings (SSSR count). The van der Waals surface area contributed by atoms with Gasteiger partial charge in [-0.15, -0.1) is 0 Å². The summed E-state index contributed by atoms with van der Waals surface area (Å²) in [6.07, 6.45) is -24.6. The first-order chi connectivity index (χ1) is 30.9. The van der Waals surface area contributed by atoms with Crippen LogP contribution < -0.4 is 14.9 Å². The SMILES string of the molecule is CC1OC(Oc2cc(O)c3c(=O)c(OC4OC(CO)C(O)C(O)C4OC4OC(CO)C(O)C(OC(=O)C=Cc5ccc(O)cc5)C4O)c(-c4ccc(O)c(O)c4)oc3c2)C(O)C(O)C1O. The lowest BCUT2D eigenvalue weighted by atomic mass is 9.97. The van der Waals surface area contributed by atoms with Gasteiger partial charge in [-0.3, -0.25) is 4.79 Å². The van der Waals surface area contributed by atoms with Gasteiger partial charge in [-0.05, 0) is 48.9 Å². The summed E-state index contributed by atoms with van der Waals surface area (Å²) in [6.45, 7) is -0.484. The predicted molar refractivity (Wildman–Crippen MR) is 214 cm³/mol. The molecule has 1 aromatic heterocycles. The topological polar surface area (TPSA) is 375 Å². The lowest BCUT2D eigenvalue weighted by molar-refractivity contribution is -0.358. The third kappa shape index (κ3) is 9.68. The normalized spacial score (nSPS) is 32.9. The molecule has 0 bridgehead atoms. The van der Waals surface area contributed by atoms with Gasteiger partial charge in [-0.2, -0.15) is 0 Å². The number of hydrogen-bond donors (Lipinski definition) is 13. The second kappa shape index (κ2) is 19.4. The molecule has 0 radical (unpaired) electrons. The van der Waals surface area contributed by atoms with Crippen molar-refractivity contribution in [3.8, 4) is 45.8 Å². The summed E-state index contributed by atoms with van der Waals surface area (Å²) in [5, 5.41) is 136. The number of ether oxygens (including phenoxy) is 7. The molecule has 4 aromatic rings. The maximum absolute atomic E-state index is 14.4. The van der Waals surface area contributed by atoms with Crippen molar-refractivity contribution in [2.75, 3.05) is 13.2 Å². The van der Waals surface area contributed by atoms with Crippen molar-refractivity contribution in [1.82, 2.24) is 0 Å². The van der Waals surface area contributed by atoms with Gasteiger partial charge in [0.1, 0.15) is 83.2 Å². The summed E-state index contributed by atoms with van der Waals surface area (Å²) in [5.41, 5.74) is -1.30. The van der Waals surface area contributed by atoms with Crippen LogP contribution in [0.1, 0.15) is 12.5 Å². The van der Waals surface area contributed by atoms with Crippen molar-refractivity contribution in [3.63, 3.8) is 0 Å². The number of carbonyl (C=O) groups excluding carboxylic acids is 1. The Kier molecular flexibility index (Phi) is 14.2. The van der Waals surface area contributed by atoms with Crippen molar-refractivity contribution in [1.29, 1.82) is 0 Å². The molecule has 13 N–H and O–H groups in total. The lowest BCUT2D eigenvalue weighted by Crippen LogP contribution is -2.65. The Labute approximate surface area is 365 Å². The number of esters is 1. The van der Waals surface area contributed by atoms with E-state index in [-0.39, 0.29) is 17.1 Å². The van der Waals surface area contributed by atoms with Gasteiger partial charge in [0.25, 0.3) is 0 Å². The Morgan fingerprint density at radius 2 is 1.34 bits per heavy atom. The van der Waals surface area contributed by atoms with E-state index in [1.165, 1.54) is 43.3 Å². The van der Waals surface area contributed by atoms with Crippen molar-refractivity contribution in [3.05, 3.63) is 76.5 Å². The van der Waals surface area contributed by atoms with E-state index in [4.69, 9.17) is 37.6 Å². The second-order valence-electron chi connectivity index (χ2n) is 15.4. The smallest absolute Gasteiger partial charge is 0.331 e. The van der Waals surface area contributed by atoms with E-state index >= 15 is 0 Å². The van der Waals surface area contributed by atoms with E-state index in [9.17, 15) is 76.0 Å². The van der Waals surface area contributed by atoms with Crippen molar-refractivity contribution >= 4 is 23.0 Å². The molecule has 3 aromatic carbocycles. The number of fused-ring (bicyclic) bond motifs is 1. The molecule has 15 atom stereocenters. The molecule has 0 aliphatic carbocycles. The Balaban J connectivity index is 1.23. The molecule has 3 saturated heterocycles. The van der Waals surface area contributed by atoms with Gasteiger partial charge in [-0.25, -0.2) is 4.79 Å². The molecule has 0 saturated carbocycles. The first-order valence-electron chi connectivity index (χ1n) is 19.9. The second-order valence-corrected chi connectivity index (χ2v) is 15.4. The molecule has 65 heavy (non-hydrogen) atoms. The molecule has 23 nitrogen and oxygen atoms in total. The van der Waals surface area contributed by atoms with Crippen LogP contribution in [0.4, 0.5) is 0 Å². The van der Waals surface area contributed by atoms with Gasteiger partial charge in [0, 0.05) is 23.8 Å². The van der Waals surface area contributed by atoms with Gasteiger partial charge in [0.2, 0.25) is 23.8 Å². The van der Waals surface area contributed by atoms with Crippen molar-refractivity contribution < 1.29 is 109 Å². The van der Waals surface area contributed by atoms with Crippen LogP contribution in [-0.4, -0.2) is 178 Å². The summed E-state index contributed by atoms with van der Waals surface area (Å²) in [5.74, 6) is -4.93. The van der Waals surface area contributed by atoms with E-state index in [0.717, 1.165) is 30.3 Å². The van der Waals surface area contributed by atoms with Crippen LogP contribution in [0.5, 0.6) is 34.5 Å². The Morgan fingerprint density at radius 3 is 2.02 bits per heavy atom. The standard InChI is InChI=1S/C42H46O23/c1-15-28(50)32(54)34(56)40(58-15)59-19-11-22(48)27-23(12-19)60-36(17-5-8-20(46)21(47)10-17)38(31(27)53)64-42-39(33(55)29(51)24(13-43)62-42)65-41-35(57)37(30(52)25(14-44)61-41)63-26(49)9-4-16-2-6-18(45)7-3-16/h2-12,15,24-25,28-30,32-35,37,39-48,50-52,54-57H,13-14H2,1H3. The van der Waals surface area contributed by atoms with E-state index < -0.39 is 156 Å².